The van der Waals surface area contributed by atoms with Crippen molar-refractivity contribution in [2.75, 3.05) is 0 Å². The fourth-order valence-electron chi connectivity index (χ4n) is 2.69. The second-order valence-electron chi connectivity index (χ2n) is 5.25. The highest BCUT2D eigenvalue weighted by Gasteiger charge is 2.16. The van der Waals surface area contributed by atoms with E-state index in [9.17, 15) is 25.2 Å². The number of hydrogen-bond donors (Lipinski definition) is 5. The Hall–Kier alpha value is -3.15. The highest BCUT2D eigenvalue weighted by molar-refractivity contribution is 5.89. The Morgan fingerprint density at radius 3 is 2.35 bits per heavy atom. The molecule has 0 aliphatic heterocycles. The number of phenols is 4. The molecule has 0 unspecified atom stereocenters. The fraction of sp³-hybridized carbons (Fsp3) is 0.118. The number of aromatic nitrogens is 1. The zero-order chi connectivity index (χ0) is 16.7. The first-order valence-corrected chi connectivity index (χ1v) is 7.05. The summed E-state index contributed by atoms with van der Waals surface area (Å²) in [5.74, 6) is -1.03. The van der Waals surface area contributed by atoms with Gasteiger partial charge in [0.2, 0.25) is 0 Å². The number of aromatic hydroxyl groups is 4. The van der Waals surface area contributed by atoms with Crippen molar-refractivity contribution < 1.29 is 20.4 Å². The molecule has 0 saturated heterocycles. The molecule has 2 aromatic carbocycles. The number of benzene rings is 2. The molecule has 0 atom stereocenters. The van der Waals surface area contributed by atoms with E-state index in [1.807, 2.05) is 0 Å². The molecule has 0 aliphatic rings. The summed E-state index contributed by atoms with van der Waals surface area (Å²) in [6.07, 6.45) is 0.405. The maximum Gasteiger partial charge on any atom is 0.196 e. The van der Waals surface area contributed by atoms with E-state index in [2.05, 4.69) is 4.98 Å². The standard InChI is InChI=1S/C17H15NO5/c1-2-10-16(8-3-4-12(20)13(21)5-8)18-11-6-9(19)7-14(22)15(11)17(10)23/h3-7,19-22H,2H2,1H3,(H,18,23). The molecule has 23 heavy (non-hydrogen) atoms. The first-order valence-electron chi connectivity index (χ1n) is 7.05. The number of rotatable bonds is 2. The third-order valence-electron chi connectivity index (χ3n) is 3.78. The van der Waals surface area contributed by atoms with Crippen molar-refractivity contribution in [1.29, 1.82) is 0 Å². The van der Waals surface area contributed by atoms with Crippen molar-refractivity contribution in [3.05, 3.63) is 46.1 Å². The molecule has 0 spiro atoms. The highest BCUT2D eigenvalue weighted by Crippen LogP contribution is 2.33. The Morgan fingerprint density at radius 1 is 0.957 bits per heavy atom. The molecule has 0 fully saturated rings. The molecule has 3 aromatic rings. The van der Waals surface area contributed by atoms with Crippen LogP contribution < -0.4 is 5.43 Å². The van der Waals surface area contributed by atoms with Gasteiger partial charge in [-0.1, -0.05) is 6.92 Å². The lowest BCUT2D eigenvalue weighted by molar-refractivity contribution is 0.404. The van der Waals surface area contributed by atoms with Crippen molar-refractivity contribution in [1.82, 2.24) is 4.98 Å². The van der Waals surface area contributed by atoms with Gasteiger partial charge in [0.15, 0.2) is 16.9 Å². The van der Waals surface area contributed by atoms with Crippen LogP contribution in [0.15, 0.2) is 35.1 Å². The number of phenolic OH excluding ortho intramolecular Hbond substituents is 4. The third kappa shape index (κ3) is 2.34. The lowest BCUT2D eigenvalue weighted by atomic mass is 10.00. The predicted octanol–water partition coefficient (Wildman–Crippen LogP) is 2.58. The van der Waals surface area contributed by atoms with E-state index in [0.29, 0.717) is 23.2 Å². The molecule has 0 radical (unpaired) electrons. The Kier molecular flexibility index (Phi) is 3.37. The van der Waals surface area contributed by atoms with E-state index in [4.69, 9.17) is 0 Å². The predicted molar refractivity (Wildman–Crippen MR) is 86.0 cm³/mol. The molecule has 118 valence electrons. The fourth-order valence-corrected chi connectivity index (χ4v) is 2.69. The molecule has 5 N–H and O–H groups in total. The van der Waals surface area contributed by atoms with Gasteiger partial charge in [-0.2, -0.15) is 0 Å². The normalized spacial score (nSPS) is 11.0. The summed E-state index contributed by atoms with van der Waals surface area (Å²) < 4.78 is 0. The summed E-state index contributed by atoms with van der Waals surface area (Å²) >= 11 is 0. The van der Waals surface area contributed by atoms with Crippen molar-refractivity contribution >= 4 is 10.9 Å². The summed E-state index contributed by atoms with van der Waals surface area (Å²) in [5.41, 5.74) is 1.35. The summed E-state index contributed by atoms with van der Waals surface area (Å²) in [7, 11) is 0. The van der Waals surface area contributed by atoms with E-state index in [0.717, 1.165) is 6.07 Å². The Bertz CT molecular complexity index is 975. The molecule has 6 heteroatoms. The topological polar surface area (TPSA) is 114 Å². The summed E-state index contributed by atoms with van der Waals surface area (Å²) in [6.45, 7) is 1.80. The zero-order valence-corrected chi connectivity index (χ0v) is 12.3. The average Bonchev–Trinajstić information content (AvgIpc) is 2.49. The van der Waals surface area contributed by atoms with E-state index in [-0.39, 0.29) is 39.3 Å². The van der Waals surface area contributed by atoms with E-state index in [1.54, 1.807) is 13.0 Å². The lowest BCUT2D eigenvalue weighted by Gasteiger charge is -2.12. The second kappa shape index (κ2) is 5.24. The molecule has 0 amide bonds. The van der Waals surface area contributed by atoms with Crippen LogP contribution in [0.25, 0.3) is 22.2 Å². The molecular formula is C17H15NO5. The van der Waals surface area contributed by atoms with Crippen molar-refractivity contribution in [3.8, 4) is 34.3 Å². The summed E-state index contributed by atoms with van der Waals surface area (Å²) in [5, 5.41) is 38.8. The van der Waals surface area contributed by atoms with Gasteiger partial charge in [0, 0.05) is 23.3 Å². The zero-order valence-electron chi connectivity index (χ0n) is 12.3. The molecular weight excluding hydrogens is 298 g/mol. The number of fused-ring (bicyclic) bond motifs is 1. The van der Waals surface area contributed by atoms with Gasteiger partial charge in [-0.15, -0.1) is 0 Å². The SMILES string of the molecule is CCc1c(-c2ccc(O)c(O)c2)[nH]c2cc(O)cc(O)c2c1=O. The molecule has 6 nitrogen and oxygen atoms in total. The van der Waals surface area contributed by atoms with Crippen LogP contribution in [0.5, 0.6) is 23.0 Å². The van der Waals surface area contributed by atoms with Gasteiger partial charge in [-0.25, -0.2) is 0 Å². The van der Waals surface area contributed by atoms with Gasteiger partial charge >= 0.3 is 0 Å². The maximum absolute atomic E-state index is 12.7. The molecule has 0 saturated carbocycles. The quantitative estimate of drug-likeness (QED) is 0.467. The number of hydrogen-bond acceptors (Lipinski definition) is 5. The summed E-state index contributed by atoms with van der Waals surface area (Å²) in [4.78, 5) is 15.7. The number of aromatic amines is 1. The van der Waals surface area contributed by atoms with E-state index >= 15 is 0 Å². The van der Waals surface area contributed by atoms with Crippen molar-refractivity contribution in [2.45, 2.75) is 13.3 Å². The molecule has 0 bridgehead atoms. The molecule has 1 aromatic heterocycles. The Labute approximate surface area is 130 Å². The highest BCUT2D eigenvalue weighted by atomic mass is 16.3. The van der Waals surface area contributed by atoms with Gasteiger partial charge in [0.05, 0.1) is 16.6 Å². The largest absolute Gasteiger partial charge is 0.508 e. The average molecular weight is 313 g/mol. The minimum Gasteiger partial charge on any atom is -0.508 e. The van der Waals surface area contributed by atoms with Gasteiger partial charge < -0.3 is 25.4 Å². The summed E-state index contributed by atoms with van der Waals surface area (Å²) in [6, 6.07) is 6.69. The van der Waals surface area contributed by atoms with Crippen LogP contribution in [0.3, 0.4) is 0 Å². The number of pyridine rings is 1. The minimum absolute atomic E-state index is 0.103. The lowest BCUT2D eigenvalue weighted by Crippen LogP contribution is -2.12. The molecule has 0 aliphatic carbocycles. The maximum atomic E-state index is 12.7. The van der Waals surface area contributed by atoms with Gasteiger partial charge in [0.25, 0.3) is 0 Å². The smallest absolute Gasteiger partial charge is 0.196 e. The van der Waals surface area contributed by atoms with Crippen molar-refractivity contribution in [3.63, 3.8) is 0 Å². The van der Waals surface area contributed by atoms with Gasteiger partial charge in [0.1, 0.15) is 11.5 Å². The monoisotopic (exact) mass is 313 g/mol. The van der Waals surface area contributed by atoms with E-state index < -0.39 is 0 Å². The van der Waals surface area contributed by atoms with Crippen LogP contribution in [-0.4, -0.2) is 25.4 Å². The molecule has 3 rings (SSSR count). The van der Waals surface area contributed by atoms with Crippen LogP contribution in [0.2, 0.25) is 0 Å². The molecule has 1 heterocycles. The van der Waals surface area contributed by atoms with Crippen LogP contribution >= 0.6 is 0 Å². The van der Waals surface area contributed by atoms with E-state index in [1.165, 1.54) is 18.2 Å². The third-order valence-corrected chi connectivity index (χ3v) is 3.78. The van der Waals surface area contributed by atoms with Crippen LogP contribution in [0.4, 0.5) is 0 Å². The Morgan fingerprint density at radius 2 is 1.70 bits per heavy atom. The number of H-pyrrole nitrogens is 1. The van der Waals surface area contributed by atoms with Crippen LogP contribution in [-0.2, 0) is 6.42 Å². The van der Waals surface area contributed by atoms with Gasteiger partial charge in [-0.05, 0) is 24.6 Å². The second-order valence-corrected chi connectivity index (χ2v) is 5.25. The Balaban J connectivity index is 2.40. The number of nitrogens with one attached hydrogen (secondary N) is 1. The first kappa shape index (κ1) is 14.8. The van der Waals surface area contributed by atoms with Crippen LogP contribution in [0, 0.1) is 0 Å². The first-order chi connectivity index (χ1) is 10.9. The van der Waals surface area contributed by atoms with Crippen LogP contribution in [0.1, 0.15) is 12.5 Å². The minimum atomic E-state index is -0.346. The van der Waals surface area contributed by atoms with Gasteiger partial charge in [-0.3, -0.25) is 4.79 Å². The van der Waals surface area contributed by atoms with Crippen molar-refractivity contribution in [2.24, 2.45) is 0 Å².